The molecule has 2 rings (SSSR count). The largest absolute Gasteiger partial charge is 0.383 e. The van der Waals surface area contributed by atoms with Crippen LogP contribution in [0.1, 0.15) is 29.4 Å². The van der Waals surface area contributed by atoms with Gasteiger partial charge in [0.1, 0.15) is 0 Å². The van der Waals surface area contributed by atoms with Gasteiger partial charge in [-0.25, -0.2) is 0 Å². The normalized spacial score (nSPS) is 11.7. The number of ketones is 1. The molecule has 2 N–H and O–H groups in total. The van der Waals surface area contributed by atoms with Crippen molar-refractivity contribution in [2.45, 2.75) is 25.8 Å². The number of benzene rings is 1. The summed E-state index contributed by atoms with van der Waals surface area (Å²) >= 11 is 1.41. The fourth-order valence-corrected chi connectivity index (χ4v) is 2.71. The zero-order valence-electron chi connectivity index (χ0n) is 12.5. The van der Waals surface area contributed by atoms with Gasteiger partial charge in [-0.2, -0.15) is 0 Å². The average Bonchev–Trinajstić information content (AvgIpc) is 3.06. The first-order valence-electron chi connectivity index (χ1n) is 7.30. The summed E-state index contributed by atoms with van der Waals surface area (Å²) in [5.74, 6) is -0.0625. The van der Waals surface area contributed by atoms with Gasteiger partial charge < -0.3 is 10.6 Å². The molecule has 1 unspecified atom stereocenters. The number of para-hydroxylation sites is 1. The fourth-order valence-electron chi connectivity index (χ4n) is 2.01. The molecule has 1 heterocycles. The number of carbonyl (C=O) groups excluding carboxylic acids is 2. The lowest BCUT2D eigenvalue weighted by atomic mass is 10.2. The minimum absolute atomic E-state index is 0.00421. The predicted molar refractivity (Wildman–Crippen MR) is 90.4 cm³/mol. The van der Waals surface area contributed by atoms with Gasteiger partial charge in [0, 0.05) is 31.1 Å². The molecule has 22 heavy (non-hydrogen) atoms. The van der Waals surface area contributed by atoms with Crippen LogP contribution in [-0.2, 0) is 4.79 Å². The van der Waals surface area contributed by atoms with Gasteiger partial charge in [0.2, 0.25) is 5.91 Å². The van der Waals surface area contributed by atoms with Gasteiger partial charge in [-0.1, -0.05) is 24.3 Å². The molecule has 0 radical (unpaired) electrons. The fraction of sp³-hybridized carbons (Fsp3) is 0.294. The Morgan fingerprint density at radius 2 is 1.86 bits per heavy atom. The van der Waals surface area contributed by atoms with Crippen LogP contribution in [0.4, 0.5) is 5.69 Å². The van der Waals surface area contributed by atoms with E-state index in [-0.39, 0.29) is 30.6 Å². The number of hydrogen-bond acceptors (Lipinski definition) is 4. The molecule has 116 valence electrons. The van der Waals surface area contributed by atoms with E-state index in [2.05, 4.69) is 10.6 Å². The third-order valence-electron chi connectivity index (χ3n) is 3.17. The molecule has 1 aromatic carbocycles. The zero-order valence-corrected chi connectivity index (χ0v) is 13.4. The van der Waals surface area contributed by atoms with Crippen LogP contribution < -0.4 is 10.6 Å². The van der Waals surface area contributed by atoms with Crippen molar-refractivity contribution in [1.82, 2.24) is 5.32 Å². The number of Topliss-reactive ketones (excluding diaryl/α,β-unsaturated/α-hetero) is 1. The maximum Gasteiger partial charge on any atom is 0.220 e. The molecule has 1 atom stereocenters. The third kappa shape index (κ3) is 5.33. The van der Waals surface area contributed by atoms with Crippen molar-refractivity contribution in [3.05, 3.63) is 52.7 Å². The SMILES string of the molecule is CC(CNc1ccccc1)NC(=O)CCC(=O)c1cccs1. The molecule has 0 spiro atoms. The van der Waals surface area contributed by atoms with Gasteiger partial charge in [-0.15, -0.1) is 11.3 Å². The van der Waals surface area contributed by atoms with E-state index >= 15 is 0 Å². The summed E-state index contributed by atoms with van der Waals surface area (Å²) in [5, 5.41) is 8.02. The van der Waals surface area contributed by atoms with Gasteiger partial charge in [0.15, 0.2) is 5.78 Å². The first-order chi connectivity index (χ1) is 10.6. The number of rotatable bonds is 8. The summed E-state index contributed by atoms with van der Waals surface area (Å²) in [4.78, 5) is 24.4. The highest BCUT2D eigenvalue weighted by Gasteiger charge is 2.11. The van der Waals surface area contributed by atoms with Crippen LogP contribution in [0.2, 0.25) is 0 Å². The molecule has 2 aromatic rings. The van der Waals surface area contributed by atoms with Gasteiger partial charge >= 0.3 is 0 Å². The average molecular weight is 316 g/mol. The Labute approximate surface area is 134 Å². The maximum absolute atomic E-state index is 11.9. The summed E-state index contributed by atoms with van der Waals surface area (Å²) < 4.78 is 0. The highest BCUT2D eigenvalue weighted by molar-refractivity contribution is 7.12. The van der Waals surface area contributed by atoms with Crippen LogP contribution in [0, 0.1) is 0 Å². The molecule has 0 bridgehead atoms. The second-order valence-electron chi connectivity index (χ2n) is 5.12. The van der Waals surface area contributed by atoms with Crippen molar-refractivity contribution in [1.29, 1.82) is 0 Å². The Morgan fingerprint density at radius 3 is 2.55 bits per heavy atom. The summed E-state index contributed by atoms with van der Waals surface area (Å²) in [6.07, 6.45) is 0.484. The Kier molecular flexibility index (Phi) is 6.15. The molecule has 0 aliphatic rings. The van der Waals surface area contributed by atoms with E-state index in [9.17, 15) is 9.59 Å². The molecule has 0 fully saturated rings. The Hall–Kier alpha value is -2.14. The van der Waals surface area contributed by atoms with Crippen molar-refractivity contribution in [2.24, 2.45) is 0 Å². The monoisotopic (exact) mass is 316 g/mol. The number of thiophene rings is 1. The molecule has 4 nitrogen and oxygen atoms in total. The Bertz CT molecular complexity index is 596. The minimum Gasteiger partial charge on any atom is -0.383 e. The first kappa shape index (κ1) is 16.2. The first-order valence-corrected chi connectivity index (χ1v) is 8.18. The quantitative estimate of drug-likeness (QED) is 0.735. The summed E-state index contributed by atoms with van der Waals surface area (Å²) in [6, 6.07) is 13.5. The Morgan fingerprint density at radius 1 is 1.09 bits per heavy atom. The molecular formula is C17H20N2O2S. The minimum atomic E-state index is -0.0905. The van der Waals surface area contributed by atoms with E-state index in [1.807, 2.05) is 48.7 Å². The summed E-state index contributed by atoms with van der Waals surface area (Å²) in [6.45, 7) is 2.59. The number of amides is 1. The second kappa shape index (κ2) is 8.34. The maximum atomic E-state index is 11.9. The standard InChI is InChI=1S/C17H20N2O2S/c1-13(12-18-14-6-3-2-4-7-14)19-17(21)10-9-15(20)16-8-5-11-22-16/h2-8,11,13,18H,9-10,12H2,1H3,(H,19,21). The van der Waals surface area contributed by atoms with E-state index in [0.717, 1.165) is 5.69 Å². The van der Waals surface area contributed by atoms with Crippen LogP contribution in [0.15, 0.2) is 47.8 Å². The third-order valence-corrected chi connectivity index (χ3v) is 4.08. The summed E-state index contributed by atoms with van der Waals surface area (Å²) in [7, 11) is 0. The lowest BCUT2D eigenvalue weighted by molar-refractivity contribution is -0.121. The molecule has 5 heteroatoms. The molecule has 1 amide bonds. The van der Waals surface area contributed by atoms with Crippen LogP contribution in [-0.4, -0.2) is 24.3 Å². The zero-order chi connectivity index (χ0) is 15.8. The number of hydrogen-bond donors (Lipinski definition) is 2. The van der Waals surface area contributed by atoms with E-state index in [1.165, 1.54) is 11.3 Å². The van der Waals surface area contributed by atoms with E-state index in [0.29, 0.717) is 11.4 Å². The molecule has 0 aliphatic heterocycles. The van der Waals surface area contributed by atoms with Crippen molar-refractivity contribution in [3.63, 3.8) is 0 Å². The van der Waals surface area contributed by atoms with Crippen molar-refractivity contribution >= 4 is 28.7 Å². The van der Waals surface area contributed by atoms with E-state index in [4.69, 9.17) is 0 Å². The molecule has 0 saturated carbocycles. The van der Waals surface area contributed by atoms with Crippen molar-refractivity contribution in [3.8, 4) is 0 Å². The molecular weight excluding hydrogens is 296 g/mol. The van der Waals surface area contributed by atoms with Gasteiger partial charge in [-0.05, 0) is 30.5 Å². The summed E-state index contributed by atoms with van der Waals surface area (Å²) in [5.41, 5.74) is 1.02. The number of carbonyl (C=O) groups is 2. The highest BCUT2D eigenvalue weighted by Crippen LogP contribution is 2.12. The molecule has 1 aromatic heterocycles. The van der Waals surface area contributed by atoms with Crippen LogP contribution >= 0.6 is 11.3 Å². The van der Waals surface area contributed by atoms with E-state index < -0.39 is 0 Å². The van der Waals surface area contributed by atoms with Crippen LogP contribution in [0.3, 0.4) is 0 Å². The van der Waals surface area contributed by atoms with Gasteiger partial charge in [0.05, 0.1) is 4.88 Å². The van der Waals surface area contributed by atoms with Gasteiger partial charge in [-0.3, -0.25) is 9.59 Å². The van der Waals surface area contributed by atoms with Gasteiger partial charge in [0.25, 0.3) is 0 Å². The Balaban J connectivity index is 1.67. The lowest BCUT2D eigenvalue weighted by Crippen LogP contribution is -2.37. The van der Waals surface area contributed by atoms with Crippen molar-refractivity contribution in [2.75, 3.05) is 11.9 Å². The van der Waals surface area contributed by atoms with E-state index in [1.54, 1.807) is 6.07 Å². The topological polar surface area (TPSA) is 58.2 Å². The number of anilines is 1. The molecule has 0 aliphatic carbocycles. The van der Waals surface area contributed by atoms with Crippen LogP contribution in [0.25, 0.3) is 0 Å². The predicted octanol–water partition coefficient (Wildman–Crippen LogP) is 3.33. The lowest BCUT2D eigenvalue weighted by Gasteiger charge is -2.15. The molecule has 0 saturated heterocycles. The smallest absolute Gasteiger partial charge is 0.220 e. The second-order valence-corrected chi connectivity index (χ2v) is 6.06. The highest BCUT2D eigenvalue weighted by atomic mass is 32.1. The van der Waals surface area contributed by atoms with Crippen LogP contribution in [0.5, 0.6) is 0 Å². The van der Waals surface area contributed by atoms with Crippen molar-refractivity contribution < 1.29 is 9.59 Å². The number of nitrogens with one attached hydrogen (secondary N) is 2.